The molecule has 11 heteroatoms. The minimum atomic E-state index is -0.957. The van der Waals surface area contributed by atoms with Crippen LogP contribution in [0.5, 0.6) is 0 Å². The number of aromatic amines is 1. The lowest BCUT2D eigenvalue weighted by atomic mass is 10.0. The van der Waals surface area contributed by atoms with Crippen LogP contribution in [0.15, 0.2) is 35.3 Å². The third-order valence-electron chi connectivity index (χ3n) is 7.73. The van der Waals surface area contributed by atoms with E-state index < -0.39 is 6.09 Å². The first kappa shape index (κ1) is 25.3. The molecule has 0 bridgehead atoms. The van der Waals surface area contributed by atoms with E-state index in [9.17, 15) is 24.8 Å². The minimum Gasteiger partial charge on any atom is -0.465 e. The summed E-state index contributed by atoms with van der Waals surface area (Å²) < 4.78 is 1.81. The van der Waals surface area contributed by atoms with E-state index in [4.69, 9.17) is 5.10 Å². The van der Waals surface area contributed by atoms with Crippen LogP contribution >= 0.6 is 0 Å². The summed E-state index contributed by atoms with van der Waals surface area (Å²) >= 11 is 0. The molecule has 2 aliphatic rings. The summed E-state index contributed by atoms with van der Waals surface area (Å²) in [7, 11) is 1.57. The van der Waals surface area contributed by atoms with Crippen molar-refractivity contribution in [2.45, 2.75) is 51.1 Å². The SMILES string of the molecule is Cc1cc(Nc2nn(C(CC#N)C3CC3)c3cc[nH]c(=O)c23)ccc1C(=O)N1CCC(N(C)C(=O)O)CC1. The number of hydrogen-bond acceptors (Lipinski definition) is 6. The second-order valence-corrected chi connectivity index (χ2v) is 10.2. The van der Waals surface area contributed by atoms with Gasteiger partial charge in [-0.25, -0.2) is 4.79 Å². The number of rotatable bonds is 7. The van der Waals surface area contributed by atoms with Crippen molar-refractivity contribution >= 4 is 34.4 Å². The normalized spacial score (nSPS) is 16.7. The first-order valence-corrected chi connectivity index (χ1v) is 12.9. The molecule has 198 valence electrons. The zero-order valence-corrected chi connectivity index (χ0v) is 21.5. The molecule has 1 atom stereocenters. The van der Waals surface area contributed by atoms with Crippen LogP contribution in [0.25, 0.3) is 10.9 Å². The number of amides is 2. The molecule has 2 amide bonds. The van der Waals surface area contributed by atoms with Crippen LogP contribution in [0.2, 0.25) is 0 Å². The summed E-state index contributed by atoms with van der Waals surface area (Å²) in [6, 6.07) is 9.31. The lowest BCUT2D eigenvalue weighted by Crippen LogP contribution is -2.47. The first-order chi connectivity index (χ1) is 18.3. The van der Waals surface area contributed by atoms with Gasteiger partial charge >= 0.3 is 6.09 Å². The Bertz CT molecular complexity index is 1470. The molecule has 3 aromatic rings. The van der Waals surface area contributed by atoms with E-state index >= 15 is 0 Å². The van der Waals surface area contributed by atoms with Gasteiger partial charge in [0.2, 0.25) is 0 Å². The topological polar surface area (TPSA) is 147 Å². The fourth-order valence-corrected chi connectivity index (χ4v) is 5.37. The van der Waals surface area contributed by atoms with Gasteiger partial charge in [-0.15, -0.1) is 0 Å². The standard InChI is InChI=1S/C27H31N7O4/c1-16-15-18(5-6-20(16)26(36)33-13-9-19(10-14-33)32(2)27(37)38)30-24-23-22(8-12-29-25(23)35)34(31-24)21(7-11-28)17-3-4-17/h5-6,8,12,15,17,19,21H,3-4,7,9-10,13-14H2,1-2H3,(H,29,35)(H,30,31)(H,37,38). The number of carboxylic acid groups (broad SMARTS) is 1. The third kappa shape index (κ3) is 4.81. The summed E-state index contributed by atoms with van der Waals surface area (Å²) in [5, 5.41) is 27.0. The molecule has 3 N–H and O–H groups in total. The molecule has 1 aliphatic heterocycles. The van der Waals surface area contributed by atoms with Crippen molar-refractivity contribution in [3.05, 3.63) is 51.9 Å². The van der Waals surface area contributed by atoms with Crippen molar-refractivity contribution in [3.8, 4) is 6.07 Å². The molecule has 1 aromatic carbocycles. The smallest absolute Gasteiger partial charge is 0.407 e. The van der Waals surface area contributed by atoms with Gasteiger partial charge in [-0.05, 0) is 68.4 Å². The molecule has 11 nitrogen and oxygen atoms in total. The van der Waals surface area contributed by atoms with E-state index in [1.165, 1.54) is 4.90 Å². The van der Waals surface area contributed by atoms with Crippen LogP contribution < -0.4 is 10.9 Å². The van der Waals surface area contributed by atoms with Crippen molar-refractivity contribution in [2.24, 2.45) is 5.92 Å². The van der Waals surface area contributed by atoms with Crippen molar-refractivity contribution in [2.75, 3.05) is 25.5 Å². The summed E-state index contributed by atoms with van der Waals surface area (Å²) in [6.07, 6.45) is 4.26. The van der Waals surface area contributed by atoms with Crippen LogP contribution in [0.1, 0.15) is 54.1 Å². The van der Waals surface area contributed by atoms with Gasteiger partial charge in [0, 0.05) is 43.6 Å². The van der Waals surface area contributed by atoms with Gasteiger partial charge in [0.25, 0.3) is 11.5 Å². The number of carbonyl (C=O) groups is 2. The van der Waals surface area contributed by atoms with Gasteiger partial charge in [-0.3, -0.25) is 14.3 Å². The fraction of sp³-hybridized carbons (Fsp3) is 0.444. The number of aryl methyl sites for hydroxylation is 1. The summed E-state index contributed by atoms with van der Waals surface area (Å²) in [5.41, 5.74) is 2.48. The Labute approximate surface area is 219 Å². The number of pyridine rings is 1. The van der Waals surface area contributed by atoms with E-state index in [1.807, 2.05) is 23.7 Å². The lowest BCUT2D eigenvalue weighted by molar-refractivity contribution is 0.0643. The number of aromatic nitrogens is 3. The number of nitrogens with one attached hydrogen (secondary N) is 2. The van der Waals surface area contributed by atoms with E-state index in [1.54, 1.807) is 30.3 Å². The average molecular weight is 518 g/mol. The molecule has 38 heavy (non-hydrogen) atoms. The molecule has 1 saturated carbocycles. The summed E-state index contributed by atoms with van der Waals surface area (Å²) in [5.74, 6) is 0.709. The van der Waals surface area contributed by atoms with Gasteiger partial charge < -0.3 is 25.2 Å². The molecule has 2 fully saturated rings. The second-order valence-electron chi connectivity index (χ2n) is 10.2. The number of fused-ring (bicyclic) bond motifs is 1. The van der Waals surface area contributed by atoms with Crippen LogP contribution in [-0.4, -0.2) is 67.9 Å². The second kappa shape index (κ2) is 10.2. The molecule has 0 radical (unpaired) electrons. The highest BCUT2D eigenvalue weighted by Crippen LogP contribution is 2.43. The predicted molar refractivity (Wildman–Crippen MR) is 142 cm³/mol. The average Bonchev–Trinajstić information content (AvgIpc) is 3.68. The molecular weight excluding hydrogens is 486 g/mol. The van der Waals surface area contributed by atoms with Crippen LogP contribution in [-0.2, 0) is 0 Å². The highest BCUT2D eigenvalue weighted by atomic mass is 16.4. The number of nitrogens with zero attached hydrogens (tertiary/aromatic N) is 5. The number of carbonyl (C=O) groups excluding carboxylic acids is 1. The molecule has 1 aliphatic carbocycles. The Morgan fingerprint density at radius 2 is 2.00 bits per heavy atom. The van der Waals surface area contributed by atoms with Crippen LogP contribution in [0.4, 0.5) is 16.3 Å². The number of benzene rings is 1. The van der Waals surface area contributed by atoms with Crippen molar-refractivity contribution in [1.82, 2.24) is 24.6 Å². The number of piperidine rings is 1. The number of likely N-dealkylation sites (tertiary alicyclic amines) is 1. The van der Waals surface area contributed by atoms with Gasteiger partial charge in [-0.2, -0.15) is 10.4 Å². The Morgan fingerprint density at radius 1 is 1.26 bits per heavy atom. The largest absolute Gasteiger partial charge is 0.465 e. The fourth-order valence-electron chi connectivity index (χ4n) is 5.37. The number of nitriles is 1. The number of hydrogen-bond donors (Lipinski definition) is 3. The van der Waals surface area contributed by atoms with Gasteiger partial charge in [0.15, 0.2) is 5.82 Å². The zero-order chi connectivity index (χ0) is 27.0. The Kier molecular flexibility index (Phi) is 6.80. The highest BCUT2D eigenvalue weighted by Gasteiger charge is 2.34. The minimum absolute atomic E-state index is 0.0824. The zero-order valence-electron chi connectivity index (χ0n) is 21.5. The summed E-state index contributed by atoms with van der Waals surface area (Å²) in [4.78, 5) is 43.0. The molecule has 1 saturated heterocycles. The maximum Gasteiger partial charge on any atom is 0.407 e. The molecule has 1 unspecified atom stereocenters. The summed E-state index contributed by atoms with van der Waals surface area (Å²) in [6.45, 7) is 2.86. The van der Waals surface area contributed by atoms with Gasteiger partial charge in [0.1, 0.15) is 5.39 Å². The van der Waals surface area contributed by atoms with Crippen LogP contribution in [0.3, 0.4) is 0 Å². The van der Waals surface area contributed by atoms with E-state index in [-0.39, 0.29) is 23.6 Å². The molecule has 2 aromatic heterocycles. The van der Waals surface area contributed by atoms with Crippen molar-refractivity contribution in [1.29, 1.82) is 5.26 Å². The molecule has 5 rings (SSSR count). The van der Waals surface area contributed by atoms with E-state index in [0.29, 0.717) is 66.2 Å². The monoisotopic (exact) mass is 517 g/mol. The first-order valence-electron chi connectivity index (χ1n) is 12.9. The molecule has 3 heterocycles. The number of anilines is 2. The Balaban J connectivity index is 1.36. The maximum atomic E-state index is 13.2. The lowest BCUT2D eigenvalue weighted by Gasteiger charge is -2.35. The third-order valence-corrected chi connectivity index (χ3v) is 7.73. The molecule has 0 spiro atoms. The van der Waals surface area contributed by atoms with Crippen molar-refractivity contribution < 1.29 is 14.7 Å². The highest BCUT2D eigenvalue weighted by molar-refractivity contribution is 5.96. The van der Waals surface area contributed by atoms with Crippen molar-refractivity contribution in [3.63, 3.8) is 0 Å². The Morgan fingerprint density at radius 3 is 2.63 bits per heavy atom. The Hall–Kier alpha value is -4.33. The van der Waals surface area contributed by atoms with Gasteiger partial charge in [0.05, 0.1) is 24.0 Å². The van der Waals surface area contributed by atoms with E-state index in [2.05, 4.69) is 16.4 Å². The number of H-pyrrole nitrogens is 1. The van der Waals surface area contributed by atoms with Gasteiger partial charge in [-0.1, -0.05) is 0 Å². The predicted octanol–water partition coefficient (Wildman–Crippen LogP) is 3.86. The maximum absolute atomic E-state index is 13.2. The van der Waals surface area contributed by atoms with Crippen LogP contribution in [0, 0.1) is 24.2 Å². The quantitative estimate of drug-likeness (QED) is 0.431. The molecular formula is C27H31N7O4. The van der Waals surface area contributed by atoms with E-state index in [0.717, 1.165) is 18.4 Å².